The van der Waals surface area contributed by atoms with Gasteiger partial charge in [0.05, 0.1) is 11.5 Å². The quantitative estimate of drug-likeness (QED) is 0.583. The molecule has 6 nitrogen and oxygen atoms in total. The number of nitrogens with one attached hydrogen (secondary N) is 2. The van der Waals surface area contributed by atoms with E-state index in [4.69, 9.17) is 0 Å². The molecule has 2 N–H and O–H groups in total. The standard InChI is InChI=1S/C10H12FN3O3/c1-12-10(15)6-13-5-7-4-8(11)2-3-9(7)14(16)17/h2-4,13H,5-6H2,1H3,(H,12,15). The van der Waals surface area contributed by atoms with Gasteiger partial charge in [0.1, 0.15) is 5.82 Å². The average molecular weight is 241 g/mol. The Morgan fingerprint density at radius 3 is 2.82 bits per heavy atom. The molecule has 1 amide bonds. The van der Waals surface area contributed by atoms with Crippen LogP contribution in [0, 0.1) is 15.9 Å². The van der Waals surface area contributed by atoms with Crippen LogP contribution in [-0.2, 0) is 11.3 Å². The minimum Gasteiger partial charge on any atom is -0.358 e. The molecule has 0 aliphatic rings. The SMILES string of the molecule is CNC(=O)CNCc1cc(F)ccc1[N+](=O)[O-]. The van der Waals surface area contributed by atoms with Crippen molar-refractivity contribution in [3.05, 3.63) is 39.7 Å². The van der Waals surface area contributed by atoms with Crippen LogP contribution in [0.2, 0.25) is 0 Å². The van der Waals surface area contributed by atoms with Crippen LogP contribution < -0.4 is 10.6 Å². The number of halogens is 1. The lowest BCUT2D eigenvalue weighted by molar-refractivity contribution is -0.385. The van der Waals surface area contributed by atoms with Crippen LogP contribution in [0.1, 0.15) is 5.56 Å². The summed E-state index contributed by atoms with van der Waals surface area (Å²) in [6.07, 6.45) is 0. The van der Waals surface area contributed by atoms with Crippen molar-refractivity contribution in [2.24, 2.45) is 0 Å². The van der Waals surface area contributed by atoms with Crippen molar-refractivity contribution in [3.8, 4) is 0 Å². The number of likely N-dealkylation sites (N-methyl/N-ethyl adjacent to an activating group) is 1. The Labute approximate surface area is 97.0 Å². The fourth-order valence-electron chi connectivity index (χ4n) is 1.27. The second-order valence-corrected chi connectivity index (χ2v) is 3.31. The molecule has 0 saturated carbocycles. The van der Waals surface area contributed by atoms with Crippen LogP contribution in [0.4, 0.5) is 10.1 Å². The molecule has 0 atom stereocenters. The van der Waals surface area contributed by atoms with E-state index in [0.717, 1.165) is 18.2 Å². The number of carbonyl (C=O) groups excluding carboxylic acids is 1. The molecule has 7 heteroatoms. The van der Waals surface area contributed by atoms with E-state index in [1.54, 1.807) is 0 Å². The number of rotatable bonds is 5. The Morgan fingerprint density at radius 1 is 1.53 bits per heavy atom. The van der Waals surface area contributed by atoms with Gasteiger partial charge in [-0.05, 0) is 12.1 Å². The first-order valence-corrected chi connectivity index (χ1v) is 4.88. The molecule has 1 aromatic rings. The minimum atomic E-state index is -0.587. The largest absolute Gasteiger partial charge is 0.358 e. The van der Waals surface area contributed by atoms with Crippen LogP contribution in [0.15, 0.2) is 18.2 Å². The van der Waals surface area contributed by atoms with Gasteiger partial charge in [-0.15, -0.1) is 0 Å². The summed E-state index contributed by atoms with van der Waals surface area (Å²) in [4.78, 5) is 21.0. The molecule has 0 saturated heterocycles. The Hall–Kier alpha value is -2.02. The zero-order valence-electron chi connectivity index (χ0n) is 9.20. The van der Waals surface area contributed by atoms with Crippen molar-refractivity contribution >= 4 is 11.6 Å². The van der Waals surface area contributed by atoms with Crippen LogP contribution >= 0.6 is 0 Å². The van der Waals surface area contributed by atoms with Crippen molar-refractivity contribution in [1.29, 1.82) is 0 Å². The molecule has 0 spiro atoms. The van der Waals surface area contributed by atoms with Crippen molar-refractivity contribution in [2.75, 3.05) is 13.6 Å². The summed E-state index contributed by atoms with van der Waals surface area (Å²) in [5.41, 5.74) is 0.0368. The lowest BCUT2D eigenvalue weighted by Crippen LogP contribution is -2.31. The number of carbonyl (C=O) groups is 1. The number of benzene rings is 1. The summed E-state index contributed by atoms with van der Waals surface area (Å²) in [6, 6.07) is 3.21. The zero-order chi connectivity index (χ0) is 12.8. The lowest BCUT2D eigenvalue weighted by Gasteiger charge is -2.05. The number of nitrogens with zero attached hydrogens (tertiary/aromatic N) is 1. The predicted octanol–water partition coefficient (Wildman–Crippen LogP) is 0.569. The third-order valence-corrected chi connectivity index (χ3v) is 2.12. The van der Waals surface area contributed by atoms with Gasteiger partial charge in [0.25, 0.3) is 5.69 Å². The van der Waals surface area contributed by atoms with E-state index in [1.807, 2.05) is 0 Å². The molecular formula is C10H12FN3O3. The first-order valence-electron chi connectivity index (χ1n) is 4.88. The van der Waals surface area contributed by atoms with E-state index in [9.17, 15) is 19.3 Å². The molecule has 1 aromatic carbocycles. The second-order valence-electron chi connectivity index (χ2n) is 3.31. The van der Waals surface area contributed by atoms with Crippen LogP contribution in [0.5, 0.6) is 0 Å². The van der Waals surface area contributed by atoms with E-state index >= 15 is 0 Å². The van der Waals surface area contributed by atoms with Crippen LogP contribution in [0.3, 0.4) is 0 Å². The van der Waals surface area contributed by atoms with E-state index in [1.165, 1.54) is 7.05 Å². The summed E-state index contributed by atoms with van der Waals surface area (Å²) in [6.45, 7) is 0.0751. The maximum absolute atomic E-state index is 12.9. The molecular weight excluding hydrogens is 229 g/mol. The average Bonchev–Trinajstić information content (AvgIpc) is 2.28. The van der Waals surface area contributed by atoms with Crippen molar-refractivity contribution in [1.82, 2.24) is 10.6 Å². The number of nitro benzene ring substituents is 1. The molecule has 0 aromatic heterocycles. The molecule has 0 aliphatic carbocycles. The summed E-state index contributed by atoms with van der Waals surface area (Å²) in [7, 11) is 1.48. The van der Waals surface area contributed by atoms with Crippen molar-refractivity contribution in [2.45, 2.75) is 6.54 Å². The van der Waals surface area contributed by atoms with Gasteiger partial charge >= 0.3 is 0 Å². The third kappa shape index (κ3) is 3.80. The summed E-state index contributed by atoms with van der Waals surface area (Å²) < 4.78 is 12.9. The highest BCUT2D eigenvalue weighted by Gasteiger charge is 2.14. The molecule has 17 heavy (non-hydrogen) atoms. The zero-order valence-corrected chi connectivity index (χ0v) is 9.20. The van der Waals surface area contributed by atoms with Gasteiger partial charge in [-0.2, -0.15) is 0 Å². The fourth-order valence-corrected chi connectivity index (χ4v) is 1.27. The minimum absolute atomic E-state index is 0.0180. The number of nitro groups is 1. The Balaban J connectivity index is 2.72. The first-order chi connectivity index (χ1) is 8.04. The molecule has 0 radical (unpaired) electrons. The molecule has 0 unspecified atom stereocenters. The first kappa shape index (κ1) is 13.0. The highest BCUT2D eigenvalue weighted by atomic mass is 19.1. The van der Waals surface area contributed by atoms with Crippen LogP contribution in [0.25, 0.3) is 0 Å². The molecule has 0 bridgehead atoms. The topological polar surface area (TPSA) is 84.3 Å². The summed E-state index contributed by atoms with van der Waals surface area (Å²) in [5.74, 6) is -0.795. The molecule has 92 valence electrons. The van der Waals surface area contributed by atoms with Gasteiger partial charge < -0.3 is 10.6 Å². The van der Waals surface area contributed by atoms with E-state index in [-0.39, 0.29) is 30.2 Å². The Morgan fingerprint density at radius 2 is 2.24 bits per heavy atom. The highest BCUT2D eigenvalue weighted by Crippen LogP contribution is 2.18. The lowest BCUT2D eigenvalue weighted by atomic mass is 10.1. The van der Waals surface area contributed by atoms with E-state index < -0.39 is 10.7 Å². The fraction of sp³-hybridized carbons (Fsp3) is 0.300. The third-order valence-electron chi connectivity index (χ3n) is 2.12. The second kappa shape index (κ2) is 5.90. The summed E-state index contributed by atoms with van der Waals surface area (Å²) in [5, 5.41) is 15.7. The van der Waals surface area contributed by atoms with Gasteiger partial charge in [-0.1, -0.05) is 0 Å². The number of hydrogen-bond acceptors (Lipinski definition) is 4. The summed E-state index contributed by atoms with van der Waals surface area (Å²) >= 11 is 0. The van der Waals surface area contributed by atoms with Crippen molar-refractivity contribution in [3.63, 3.8) is 0 Å². The van der Waals surface area contributed by atoms with Crippen LogP contribution in [-0.4, -0.2) is 24.4 Å². The predicted molar refractivity (Wildman–Crippen MR) is 58.8 cm³/mol. The van der Waals surface area contributed by atoms with Gasteiger partial charge in [-0.25, -0.2) is 4.39 Å². The smallest absolute Gasteiger partial charge is 0.274 e. The maximum atomic E-state index is 12.9. The Bertz CT molecular complexity index is 437. The number of amides is 1. The Kier molecular flexibility index (Phi) is 4.53. The van der Waals surface area contributed by atoms with Gasteiger partial charge in [0.2, 0.25) is 5.91 Å². The van der Waals surface area contributed by atoms with Gasteiger partial charge in [0.15, 0.2) is 0 Å². The van der Waals surface area contributed by atoms with Gasteiger partial charge in [-0.3, -0.25) is 14.9 Å². The monoisotopic (exact) mass is 241 g/mol. The van der Waals surface area contributed by atoms with E-state index in [2.05, 4.69) is 10.6 Å². The highest BCUT2D eigenvalue weighted by molar-refractivity contribution is 5.77. The molecule has 0 fully saturated rings. The van der Waals surface area contributed by atoms with Gasteiger partial charge in [0, 0.05) is 25.2 Å². The van der Waals surface area contributed by atoms with Crippen molar-refractivity contribution < 1.29 is 14.1 Å². The number of hydrogen-bond donors (Lipinski definition) is 2. The molecule has 1 rings (SSSR count). The normalized spacial score (nSPS) is 10.0. The molecule has 0 heterocycles. The maximum Gasteiger partial charge on any atom is 0.274 e. The van der Waals surface area contributed by atoms with E-state index in [0.29, 0.717) is 0 Å². The molecule has 0 aliphatic heterocycles.